The average Bonchev–Trinajstić information content (AvgIpc) is 3.23. The fourth-order valence-corrected chi connectivity index (χ4v) is 4.51. The Morgan fingerprint density at radius 3 is 1.60 bits per heavy atom. The molecule has 3 rings (SSSR count). The lowest BCUT2D eigenvalue weighted by molar-refractivity contribution is -0.138. The molecule has 0 radical (unpaired) electrons. The summed E-state index contributed by atoms with van der Waals surface area (Å²) in [7, 11) is 0. The van der Waals surface area contributed by atoms with Crippen LogP contribution < -0.4 is 14.8 Å². The van der Waals surface area contributed by atoms with Crippen molar-refractivity contribution in [1.82, 2.24) is 0 Å². The van der Waals surface area contributed by atoms with E-state index in [4.69, 9.17) is 28.4 Å². The lowest BCUT2D eigenvalue weighted by Crippen LogP contribution is -2.11. The molecule has 3 aromatic carbocycles. The molecule has 306 valence electrons. The number of allylic oxidation sites excluding steroid dienone is 1. The molecule has 0 bridgehead atoms. The van der Waals surface area contributed by atoms with Crippen LogP contribution in [0, 0.1) is 6.92 Å². The molecule has 1 N–H and O–H groups in total. The number of unbranched alkanes of at least 4 members (excludes halogenated alkanes) is 3. The van der Waals surface area contributed by atoms with Crippen LogP contribution in [-0.2, 0) is 33.3 Å². The van der Waals surface area contributed by atoms with Gasteiger partial charge in [-0.25, -0.2) is 14.4 Å². The summed E-state index contributed by atoms with van der Waals surface area (Å²) in [5, 5.41) is 2.92. The van der Waals surface area contributed by atoms with E-state index >= 15 is 0 Å². The van der Waals surface area contributed by atoms with Crippen molar-refractivity contribution in [2.45, 2.75) is 52.4 Å². The van der Waals surface area contributed by atoms with Crippen molar-refractivity contribution in [2.75, 3.05) is 45.0 Å². The van der Waals surface area contributed by atoms with Crippen LogP contribution in [0.5, 0.6) is 11.5 Å². The number of esters is 3. The summed E-state index contributed by atoms with van der Waals surface area (Å²) in [5.41, 5.74) is 3.81. The zero-order chi connectivity index (χ0) is 41.5. The van der Waals surface area contributed by atoms with Crippen molar-refractivity contribution in [3.63, 3.8) is 0 Å². The van der Waals surface area contributed by atoms with Crippen LogP contribution >= 0.6 is 0 Å². The number of hydrogen-bond acceptors (Lipinski definition) is 11. The quantitative estimate of drug-likeness (QED) is 0.0220. The number of anilines is 1. The first-order valence-electron chi connectivity index (χ1n) is 18.7. The normalized spacial score (nSPS) is 10.4. The molecular formula is C45H56N2O10. The minimum Gasteiger partial charge on any atom is -0.502 e. The number of carbonyl (C=O) groups excluding carboxylic acids is 4. The zero-order valence-corrected chi connectivity index (χ0v) is 33.0. The van der Waals surface area contributed by atoms with E-state index in [1.165, 1.54) is 0 Å². The van der Waals surface area contributed by atoms with E-state index in [1.807, 2.05) is 62.4 Å². The highest BCUT2D eigenvalue weighted by Crippen LogP contribution is 2.24. The molecule has 12 nitrogen and oxygen atoms in total. The molecule has 0 fully saturated rings. The highest BCUT2D eigenvalue weighted by atomic mass is 16.5. The van der Waals surface area contributed by atoms with E-state index in [2.05, 4.69) is 30.0 Å². The molecule has 3 aromatic rings. The van der Waals surface area contributed by atoms with Crippen molar-refractivity contribution in [3.05, 3.63) is 134 Å². The number of aliphatic imine (C=N–C) groups is 1. The third kappa shape index (κ3) is 21.3. The summed E-state index contributed by atoms with van der Waals surface area (Å²) in [6.07, 6.45) is 13.3. The van der Waals surface area contributed by atoms with Crippen molar-refractivity contribution in [2.24, 2.45) is 4.99 Å². The third-order valence-electron chi connectivity index (χ3n) is 7.54. The molecule has 1 amide bonds. The maximum Gasteiger partial charge on any atom is 0.330 e. The fourth-order valence-electron chi connectivity index (χ4n) is 4.51. The van der Waals surface area contributed by atoms with Crippen LogP contribution in [0.4, 0.5) is 11.4 Å². The molecule has 0 aliphatic heterocycles. The number of rotatable bonds is 25. The minimum atomic E-state index is -0.430. The second kappa shape index (κ2) is 28.9. The first kappa shape index (κ1) is 46.7. The van der Waals surface area contributed by atoms with Gasteiger partial charge in [0, 0.05) is 37.1 Å². The number of hydrogen-bond donors (Lipinski definition) is 1. The highest BCUT2D eigenvalue weighted by Gasteiger charge is 2.08. The number of benzene rings is 3. The van der Waals surface area contributed by atoms with Gasteiger partial charge in [-0.05, 0) is 130 Å². The van der Waals surface area contributed by atoms with Crippen molar-refractivity contribution < 1.29 is 49.0 Å². The molecule has 0 saturated carbocycles. The Morgan fingerprint density at radius 1 is 0.649 bits per heavy atom. The SMILES string of the molecule is C=CC(=O)OCCCCO/C=C/C.C=CC(=O)OCCCCOc1ccc(C=Nc2ccc(NC(=O)c3ccc(OCCCCOC(=O)C=C)cc3)cc2C)cc1.[HH]. The van der Waals surface area contributed by atoms with Gasteiger partial charge in [-0.2, -0.15) is 0 Å². The van der Waals surface area contributed by atoms with Gasteiger partial charge in [0.05, 0.1) is 51.6 Å². The summed E-state index contributed by atoms with van der Waals surface area (Å²) >= 11 is 0. The van der Waals surface area contributed by atoms with Crippen LogP contribution in [0.15, 0.2) is 122 Å². The smallest absolute Gasteiger partial charge is 0.330 e. The Labute approximate surface area is 337 Å². The Kier molecular flexibility index (Phi) is 23.7. The van der Waals surface area contributed by atoms with Gasteiger partial charge in [-0.3, -0.25) is 9.79 Å². The lowest BCUT2D eigenvalue weighted by atomic mass is 10.1. The van der Waals surface area contributed by atoms with Crippen LogP contribution in [0.2, 0.25) is 0 Å². The van der Waals surface area contributed by atoms with E-state index in [0.29, 0.717) is 63.1 Å². The zero-order valence-electron chi connectivity index (χ0n) is 33.0. The van der Waals surface area contributed by atoms with Crippen molar-refractivity contribution in [3.8, 4) is 11.5 Å². The van der Waals surface area contributed by atoms with Gasteiger partial charge in [-0.15, -0.1) is 0 Å². The highest BCUT2D eigenvalue weighted by molar-refractivity contribution is 6.04. The number of nitrogens with zero attached hydrogens (tertiary/aromatic N) is 1. The molecular weight excluding hydrogens is 728 g/mol. The number of amides is 1. The largest absolute Gasteiger partial charge is 0.502 e. The van der Waals surface area contributed by atoms with Crippen molar-refractivity contribution >= 4 is 41.4 Å². The van der Waals surface area contributed by atoms with Gasteiger partial charge >= 0.3 is 17.9 Å². The van der Waals surface area contributed by atoms with E-state index in [-0.39, 0.29) is 13.3 Å². The lowest BCUT2D eigenvalue weighted by Gasteiger charge is -2.09. The predicted molar refractivity (Wildman–Crippen MR) is 224 cm³/mol. The first-order chi connectivity index (χ1) is 27.7. The van der Waals surface area contributed by atoms with Crippen LogP contribution in [-0.4, -0.2) is 69.7 Å². The monoisotopic (exact) mass is 784 g/mol. The molecule has 0 atom stereocenters. The van der Waals surface area contributed by atoms with Gasteiger partial charge in [0.2, 0.25) is 0 Å². The van der Waals surface area contributed by atoms with Gasteiger partial charge in [0.25, 0.3) is 5.91 Å². The number of nitrogens with one attached hydrogen (secondary N) is 1. The second-order valence-corrected chi connectivity index (χ2v) is 12.1. The Morgan fingerprint density at radius 2 is 1.12 bits per heavy atom. The summed E-state index contributed by atoms with van der Waals surface area (Å²) in [5.74, 6) is -0.0261. The van der Waals surface area contributed by atoms with Gasteiger partial charge in [0.15, 0.2) is 0 Å². The molecule has 0 heterocycles. The van der Waals surface area contributed by atoms with Gasteiger partial charge in [0.1, 0.15) is 11.5 Å². The molecule has 0 aliphatic rings. The van der Waals surface area contributed by atoms with Gasteiger partial charge < -0.3 is 33.7 Å². The Bertz CT molecular complexity index is 1770. The van der Waals surface area contributed by atoms with E-state index in [1.54, 1.807) is 36.7 Å². The summed E-state index contributed by atoms with van der Waals surface area (Å²) in [4.78, 5) is 50.0. The second-order valence-electron chi connectivity index (χ2n) is 12.1. The molecule has 0 unspecified atom stereocenters. The number of ether oxygens (including phenoxy) is 6. The average molecular weight is 785 g/mol. The van der Waals surface area contributed by atoms with Crippen LogP contribution in [0.25, 0.3) is 0 Å². The van der Waals surface area contributed by atoms with E-state index in [9.17, 15) is 19.2 Å². The third-order valence-corrected chi connectivity index (χ3v) is 7.54. The molecule has 0 saturated heterocycles. The minimum absolute atomic E-state index is 0. The maximum atomic E-state index is 12.8. The summed E-state index contributed by atoms with van der Waals surface area (Å²) in [6.45, 7) is 16.6. The molecule has 0 spiro atoms. The molecule has 0 aliphatic carbocycles. The van der Waals surface area contributed by atoms with Crippen molar-refractivity contribution in [1.29, 1.82) is 0 Å². The van der Waals surface area contributed by atoms with Crippen LogP contribution in [0.3, 0.4) is 0 Å². The maximum absolute atomic E-state index is 12.8. The Hall–Kier alpha value is -6.43. The molecule has 12 heteroatoms. The first-order valence-corrected chi connectivity index (χ1v) is 18.7. The standard InChI is InChI=1S/C35H38N2O7.C10H16O3.H2/c1-4-33(38)43-22-8-6-20-41-30-15-10-27(11-16-30)25-36-32-19-14-29(24-26(32)3)37-35(40)28-12-17-31(18-13-28)42-21-7-9-23-44-34(39)5-2;1-3-7-12-8-5-6-9-13-10(11)4-2;/h4-5,10-19,24-25H,1-2,6-9,20-23H2,3H3,(H,37,40);3-4,7H,2,5-6,8-9H2,1H3;1H/b;7-3+;. The predicted octanol–water partition coefficient (Wildman–Crippen LogP) is 9.07. The topological polar surface area (TPSA) is 148 Å². The number of aryl methyl sites for hydroxylation is 1. The van der Waals surface area contributed by atoms with Gasteiger partial charge in [-0.1, -0.05) is 25.8 Å². The Balaban J connectivity index is 0.00000103. The molecule has 57 heavy (non-hydrogen) atoms. The number of carbonyl (C=O) groups is 4. The molecule has 0 aromatic heterocycles. The summed E-state index contributed by atoms with van der Waals surface area (Å²) < 4.78 is 31.1. The summed E-state index contributed by atoms with van der Waals surface area (Å²) in [6, 6.07) is 20.1. The van der Waals surface area contributed by atoms with E-state index in [0.717, 1.165) is 72.9 Å². The fraction of sp³-hybridized carbons (Fsp3) is 0.311. The van der Waals surface area contributed by atoms with Crippen LogP contribution in [0.1, 0.15) is 68.4 Å². The van der Waals surface area contributed by atoms with E-state index < -0.39 is 11.9 Å².